The lowest BCUT2D eigenvalue weighted by Gasteiger charge is -2.30. The summed E-state index contributed by atoms with van der Waals surface area (Å²) >= 11 is 0. The summed E-state index contributed by atoms with van der Waals surface area (Å²) in [5, 5.41) is 0. The van der Waals surface area contributed by atoms with Crippen molar-refractivity contribution in [3.8, 4) is 0 Å². The van der Waals surface area contributed by atoms with Gasteiger partial charge >= 0.3 is 0 Å². The van der Waals surface area contributed by atoms with Crippen LogP contribution in [0, 0.1) is 5.92 Å². The van der Waals surface area contributed by atoms with Gasteiger partial charge in [-0.25, -0.2) is 0 Å². The average molecular weight is 246 g/mol. The molecule has 0 aliphatic carbocycles. The SMILES string of the molecule is CCc1ccc(N)cc1CN1CCC(C=O)CC1. The van der Waals surface area contributed by atoms with Crippen molar-refractivity contribution in [3.63, 3.8) is 0 Å². The molecular weight excluding hydrogens is 224 g/mol. The Morgan fingerprint density at radius 1 is 1.33 bits per heavy atom. The summed E-state index contributed by atoms with van der Waals surface area (Å²) in [5.74, 6) is 0.271. The van der Waals surface area contributed by atoms with E-state index in [9.17, 15) is 4.79 Å². The minimum absolute atomic E-state index is 0.271. The molecule has 1 aromatic carbocycles. The molecule has 2 rings (SSSR count). The Balaban J connectivity index is 2.01. The van der Waals surface area contributed by atoms with E-state index in [-0.39, 0.29) is 5.92 Å². The highest BCUT2D eigenvalue weighted by Crippen LogP contribution is 2.20. The van der Waals surface area contributed by atoms with Crippen LogP contribution in [0.5, 0.6) is 0 Å². The van der Waals surface area contributed by atoms with Gasteiger partial charge in [-0.05, 0) is 55.6 Å². The summed E-state index contributed by atoms with van der Waals surface area (Å²) in [7, 11) is 0. The van der Waals surface area contributed by atoms with E-state index < -0.39 is 0 Å². The van der Waals surface area contributed by atoms with E-state index in [0.29, 0.717) is 0 Å². The normalized spacial score (nSPS) is 17.8. The van der Waals surface area contributed by atoms with Gasteiger partial charge < -0.3 is 10.5 Å². The van der Waals surface area contributed by atoms with E-state index in [2.05, 4.69) is 24.0 Å². The maximum absolute atomic E-state index is 10.7. The van der Waals surface area contributed by atoms with Crippen molar-refractivity contribution in [3.05, 3.63) is 29.3 Å². The summed E-state index contributed by atoms with van der Waals surface area (Å²) in [6, 6.07) is 6.19. The number of carbonyl (C=O) groups is 1. The first-order valence-electron chi connectivity index (χ1n) is 6.78. The van der Waals surface area contributed by atoms with E-state index in [4.69, 9.17) is 5.73 Å². The summed E-state index contributed by atoms with van der Waals surface area (Å²) in [6.07, 6.45) is 4.14. The third-order valence-electron chi connectivity index (χ3n) is 3.83. The van der Waals surface area contributed by atoms with Crippen molar-refractivity contribution in [2.45, 2.75) is 32.7 Å². The fourth-order valence-electron chi connectivity index (χ4n) is 2.63. The predicted octanol–water partition coefficient (Wildman–Crippen LogP) is 2.24. The third-order valence-corrected chi connectivity index (χ3v) is 3.83. The molecule has 0 radical (unpaired) electrons. The zero-order valence-corrected chi connectivity index (χ0v) is 11.1. The fraction of sp³-hybridized carbons (Fsp3) is 0.533. The second-order valence-corrected chi connectivity index (χ2v) is 5.13. The monoisotopic (exact) mass is 246 g/mol. The molecule has 0 spiro atoms. The largest absolute Gasteiger partial charge is 0.399 e. The molecular formula is C15H22N2O. The number of nitrogens with two attached hydrogens (primary N) is 1. The molecule has 3 heteroatoms. The number of hydrogen-bond donors (Lipinski definition) is 1. The maximum Gasteiger partial charge on any atom is 0.123 e. The molecule has 3 nitrogen and oxygen atoms in total. The molecule has 0 bridgehead atoms. The van der Waals surface area contributed by atoms with Gasteiger partial charge in [-0.1, -0.05) is 13.0 Å². The number of aryl methyl sites for hydroxylation is 1. The average Bonchev–Trinajstić information content (AvgIpc) is 2.40. The quantitative estimate of drug-likeness (QED) is 0.654. The van der Waals surface area contributed by atoms with Crippen LogP contribution in [0.15, 0.2) is 18.2 Å². The summed E-state index contributed by atoms with van der Waals surface area (Å²) in [6.45, 7) is 5.16. The molecule has 0 amide bonds. The van der Waals surface area contributed by atoms with Gasteiger partial charge in [0.25, 0.3) is 0 Å². The molecule has 2 N–H and O–H groups in total. The van der Waals surface area contributed by atoms with E-state index in [1.807, 2.05) is 6.07 Å². The third kappa shape index (κ3) is 3.10. The molecule has 18 heavy (non-hydrogen) atoms. The van der Waals surface area contributed by atoms with Crippen LogP contribution in [0.2, 0.25) is 0 Å². The van der Waals surface area contributed by atoms with Gasteiger partial charge in [-0.2, -0.15) is 0 Å². The number of rotatable bonds is 4. The fourth-order valence-corrected chi connectivity index (χ4v) is 2.63. The molecule has 0 atom stereocenters. The highest BCUT2D eigenvalue weighted by molar-refractivity contribution is 5.53. The lowest BCUT2D eigenvalue weighted by atomic mass is 9.97. The topological polar surface area (TPSA) is 46.3 Å². The first kappa shape index (κ1) is 13.1. The Kier molecular flexibility index (Phi) is 4.37. The standard InChI is InChI=1S/C15H22N2O/c1-2-13-3-4-15(16)9-14(13)10-17-7-5-12(11-18)6-8-17/h3-4,9,11-12H,2,5-8,10,16H2,1H3. The Morgan fingerprint density at radius 2 is 2.06 bits per heavy atom. The van der Waals surface area contributed by atoms with Gasteiger partial charge in [-0.3, -0.25) is 4.90 Å². The minimum atomic E-state index is 0.271. The maximum atomic E-state index is 10.7. The number of likely N-dealkylation sites (tertiary alicyclic amines) is 1. The molecule has 0 aromatic heterocycles. The van der Waals surface area contributed by atoms with Crippen molar-refractivity contribution in [2.75, 3.05) is 18.8 Å². The number of carbonyl (C=O) groups excluding carboxylic acids is 1. The van der Waals surface area contributed by atoms with E-state index in [1.54, 1.807) is 0 Å². The first-order chi connectivity index (χ1) is 8.72. The van der Waals surface area contributed by atoms with Crippen molar-refractivity contribution < 1.29 is 4.79 Å². The number of benzene rings is 1. The molecule has 1 fully saturated rings. The highest BCUT2D eigenvalue weighted by atomic mass is 16.1. The van der Waals surface area contributed by atoms with Crippen molar-refractivity contribution in [2.24, 2.45) is 5.92 Å². The van der Waals surface area contributed by atoms with Crippen LogP contribution in [-0.4, -0.2) is 24.3 Å². The Hall–Kier alpha value is -1.35. The molecule has 0 saturated carbocycles. The van der Waals surface area contributed by atoms with Crippen molar-refractivity contribution >= 4 is 12.0 Å². The van der Waals surface area contributed by atoms with Gasteiger partial charge in [-0.15, -0.1) is 0 Å². The lowest BCUT2D eigenvalue weighted by molar-refractivity contribution is -0.112. The van der Waals surface area contributed by atoms with Crippen LogP contribution in [0.1, 0.15) is 30.9 Å². The Bertz CT molecular complexity index is 409. The van der Waals surface area contributed by atoms with E-state index in [0.717, 1.165) is 50.9 Å². The Morgan fingerprint density at radius 3 is 2.67 bits per heavy atom. The first-order valence-corrected chi connectivity index (χ1v) is 6.78. The van der Waals surface area contributed by atoms with Crippen LogP contribution in [0.4, 0.5) is 5.69 Å². The van der Waals surface area contributed by atoms with Crippen molar-refractivity contribution in [1.29, 1.82) is 0 Å². The number of nitrogens with zero attached hydrogens (tertiary/aromatic N) is 1. The highest BCUT2D eigenvalue weighted by Gasteiger charge is 2.19. The van der Waals surface area contributed by atoms with Crippen LogP contribution < -0.4 is 5.73 Å². The smallest absolute Gasteiger partial charge is 0.123 e. The molecule has 98 valence electrons. The van der Waals surface area contributed by atoms with Gasteiger partial charge in [0.05, 0.1) is 0 Å². The van der Waals surface area contributed by atoms with E-state index >= 15 is 0 Å². The van der Waals surface area contributed by atoms with Crippen LogP contribution in [-0.2, 0) is 17.8 Å². The molecule has 0 unspecified atom stereocenters. The minimum Gasteiger partial charge on any atom is -0.399 e. The zero-order chi connectivity index (χ0) is 13.0. The number of piperidine rings is 1. The summed E-state index contributed by atoms with van der Waals surface area (Å²) in [4.78, 5) is 13.2. The second-order valence-electron chi connectivity index (χ2n) is 5.13. The molecule has 1 aliphatic heterocycles. The van der Waals surface area contributed by atoms with Gasteiger partial charge in [0.2, 0.25) is 0 Å². The molecule has 1 aromatic rings. The Labute approximate surface area is 109 Å². The summed E-state index contributed by atoms with van der Waals surface area (Å²) in [5.41, 5.74) is 9.42. The molecule has 1 saturated heterocycles. The van der Waals surface area contributed by atoms with Crippen LogP contribution in [0.3, 0.4) is 0 Å². The zero-order valence-electron chi connectivity index (χ0n) is 11.1. The summed E-state index contributed by atoms with van der Waals surface area (Å²) < 4.78 is 0. The van der Waals surface area contributed by atoms with Gasteiger partial charge in [0.1, 0.15) is 6.29 Å². The second kappa shape index (κ2) is 6.01. The lowest BCUT2D eigenvalue weighted by Crippen LogP contribution is -2.33. The van der Waals surface area contributed by atoms with Crippen LogP contribution in [0.25, 0.3) is 0 Å². The number of nitrogen functional groups attached to an aromatic ring is 1. The van der Waals surface area contributed by atoms with Crippen molar-refractivity contribution in [1.82, 2.24) is 4.90 Å². The van der Waals surface area contributed by atoms with Crippen LogP contribution >= 0.6 is 0 Å². The van der Waals surface area contributed by atoms with Gasteiger partial charge in [0.15, 0.2) is 0 Å². The van der Waals surface area contributed by atoms with E-state index in [1.165, 1.54) is 11.1 Å². The molecule has 1 heterocycles. The number of aldehydes is 1. The number of hydrogen-bond acceptors (Lipinski definition) is 3. The van der Waals surface area contributed by atoms with Gasteiger partial charge in [0, 0.05) is 18.2 Å². The predicted molar refractivity (Wildman–Crippen MR) is 74.3 cm³/mol. The number of anilines is 1. The molecule has 1 aliphatic rings.